The molecule has 0 aliphatic carbocycles. The summed E-state index contributed by atoms with van der Waals surface area (Å²) in [5.74, 6) is -0.704. The molecular formula is C18H23ClF3N3O4. The van der Waals surface area contributed by atoms with Crippen LogP contribution in [-0.4, -0.2) is 65.7 Å². The maximum atomic E-state index is 12.9. The normalized spacial score (nSPS) is 17.0. The van der Waals surface area contributed by atoms with E-state index in [2.05, 4.69) is 4.98 Å². The molecule has 1 aliphatic heterocycles. The highest BCUT2D eigenvalue weighted by Gasteiger charge is 2.37. The van der Waals surface area contributed by atoms with Crippen LogP contribution in [-0.2, 0) is 20.4 Å². The first-order valence-electron chi connectivity index (χ1n) is 8.86. The van der Waals surface area contributed by atoms with E-state index < -0.39 is 35.4 Å². The second-order valence-electron chi connectivity index (χ2n) is 7.52. The molecule has 0 aromatic carbocycles. The third-order valence-corrected chi connectivity index (χ3v) is 4.51. The van der Waals surface area contributed by atoms with E-state index in [9.17, 15) is 22.8 Å². The first kappa shape index (κ1) is 23.2. The monoisotopic (exact) mass is 437 g/mol. The smallest absolute Gasteiger partial charge is 0.417 e. The number of carbonyl (C=O) groups excluding carboxylic acids is 2. The number of carbonyl (C=O) groups is 2. The summed E-state index contributed by atoms with van der Waals surface area (Å²) in [7, 11) is 1.17. The van der Waals surface area contributed by atoms with Crippen molar-refractivity contribution in [3.8, 4) is 0 Å². The minimum Gasteiger partial charge on any atom is -0.468 e. The molecule has 2 heterocycles. The molecule has 1 saturated heterocycles. The Balaban J connectivity index is 2.19. The Morgan fingerprint density at radius 1 is 1.17 bits per heavy atom. The Morgan fingerprint density at radius 2 is 1.76 bits per heavy atom. The number of amides is 1. The third kappa shape index (κ3) is 5.96. The van der Waals surface area contributed by atoms with Gasteiger partial charge in [-0.3, -0.25) is 9.88 Å². The molecule has 1 aromatic rings. The van der Waals surface area contributed by atoms with E-state index >= 15 is 0 Å². The van der Waals surface area contributed by atoms with Gasteiger partial charge in [-0.1, -0.05) is 11.6 Å². The van der Waals surface area contributed by atoms with E-state index in [1.54, 1.807) is 25.7 Å². The fraction of sp³-hybridized carbons (Fsp3) is 0.611. The summed E-state index contributed by atoms with van der Waals surface area (Å²) < 4.78 is 48.7. The zero-order valence-electron chi connectivity index (χ0n) is 16.5. The van der Waals surface area contributed by atoms with Crippen LogP contribution in [0.1, 0.15) is 38.1 Å². The molecule has 1 atom stereocenters. The van der Waals surface area contributed by atoms with Crippen molar-refractivity contribution in [2.75, 3.05) is 33.3 Å². The van der Waals surface area contributed by atoms with Gasteiger partial charge in [0.1, 0.15) is 5.60 Å². The lowest BCUT2D eigenvalue weighted by molar-refractivity contribution is -0.148. The van der Waals surface area contributed by atoms with Gasteiger partial charge in [-0.15, -0.1) is 0 Å². The number of aromatic nitrogens is 1. The minimum absolute atomic E-state index is 0.0303. The largest absolute Gasteiger partial charge is 0.468 e. The topological polar surface area (TPSA) is 72.0 Å². The van der Waals surface area contributed by atoms with Crippen molar-refractivity contribution in [3.63, 3.8) is 0 Å². The number of rotatable bonds is 3. The van der Waals surface area contributed by atoms with E-state index in [4.69, 9.17) is 21.1 Å². The van der Waals surface area contributed by atoms with Crippen LogP contribution in [0.15, 0.2) is 12.3 Å². The molecular weight excluding hydrogens is 415 g/mol. The highest BCUT2D eigenvalue weighted by atomic mass is 35.5. The second-order valence-corrected chi connectivity index (χ2v) is 7.93. The number of ether oxygens (including phenoxy) is 2. The lowest BCUT2D eigenvalue weighted by Gasteiger charge is -2.38. The number of hydrogen-bond donors (Lipinski definition) is 0. The molecule has 0 radical (unpaired) electrons. The summed E-state index contributed by atoms with van der Waals surface area (Å²) in [5.41, 5.74) is -1.68. The van der Waals surface area contributed by atoms with Gasteiger partial charge in [-0.05, 0) is 26.8 Å². The van der Waals surface area contributed by atoms with Crippen molar-refractivity contribution in [3.05, 3.63) is 28.5 Å². The Bertz CT molecular complexity index is 760. The fourth-order valence-electron chi connectivity index (χ4n) is 2.84. The summed E-state index contributed by atoms with van der Waals surface area (Å²) in [5, 5.41) is -0.287. The van der Waals surface area contributed by atoms with Crippen LogP contribution in [0.3, 0.4) is 0 Å². The summed E-state index contributed by atoms with van der Waals surface area (Å²) in [6.07, 6.45) is -4.44. The number of esters is 1. The fourth-order valence-corrected chi connectivity index (χ4v) is 3.11. The molecule has 1 fully saturated rings. The standard InChI is InChI=1S/C18H23ClF3N3O4/c1-17(2,3)29-16(27)25-7-5-24(6-8-25)14(15(26)28-4)13-12(19)9-11(10-23-13)18(20,21)22/h9-10,14H,5-8H2,1-4H3. The predicted molar refractivity (Wildman–Crippen MR) is 98.4 cm³/mol. The van der Waals surface area contributed by atoms with Gasteiger partial charge < -0.3 is 14.4 Å². The molecule has 1 aliphatic rings. The highest BCUT2D eigenvalue weighted by molar-refractivity contribution is 6.31. The Kier molecular flexibility index (Phi) is 7.00. The third-order valence-electron chi connectivity index (χ3n) is 4.21. The Morgan fingerprint density at radius 3 is 2.21 bits per heavy atom. The van der Waals surface area contributed by atoms with E-state index in [0.717, 1.165) is 6.07 Å². The summed E-state index contributed by atoms with van der Waals surface area (Å²) in [6, 6.07) is -0.355. The van der Waals surface area contributed by atoms with Gasteiger partial charge in [-0.25, -0.2) is 9.59 Å². The number of halogens is 4. The van der Waals surface area contributed by atoms with Crippen LogP contribution in [0, 0.1) is 0 Å². The van der Waals surface area contributed by atoms with E-state index in [-0.39, 0.29) is 36.9 Å². The van der Waals surface area contributed by atoms with E-state index in [0.29, 0.717) is 6.20 Å². The highest BCUT2D eigenvalue weighted by Crippen LogP contribution is 2.34. The summed E-state index contributed by atoms with van der Waals surface area (Å²) in [4.78, 5) is 31.5. The molecule has 0 spiro atoms. The summed E-state index contributed by atoms with van der Waals surface area (Å²) in [6.45, 7) is 6.32. The molecule has 1 aromatic heterocycles. The molecule has 2 rings (SSSR count). The first-order valence-corrected chi connectivity index (χ1v) is 9.23. The molecule has 1 amide bonds. The zero-order valence-corrected chi connectivity index (χ0v) is 17.3. The number of nitrogens with zero attached hydrogens (tertiary/aromatic N) is 3. The van der Waals surface area contributed by atoms with Gasteiger partial charge in [0, 0.05) is 32.4 Å². The van der Waals surface area contributed by atoms with Crippen LogP contribution in [0.2, 0.25) is 5.02 Å². The van der Waals surface area contributed by atoms with Crippen molar-refractivity contribution in [1.29, 1.82) is 0 Å². The first-order chi connectivity index (χ1) is 13.3. The molecule has 0 N–H and O–H groups in total. The lowest BCUT2D eigenvalue weighted by Crippen LogP contribution is -2.52. The molecule has 162 valence electrons. The van der Waals surface area contributed by atoms with E-state index in [1.807, 2.05) is 0 Å². The number of alkyl halides is 3. The maximum absolute atomic E-state index is 12.9. The predicted octanol–water partition coefficient (Wildman–Crippen LogP) is 3.52. The Labute approximate surface area is 171 Å². The quantitative estimate of drug-likeness (QED) is 0.674. The number of piperazine rings is 1. The number of methoxy groups -OCH3 is 1. The zero-order chi connectivity index (χ0) is 22.0. The van der Waals surface area contributed by atoms with Gasteiger partial charge >= 0.3 is 18.2 Å². The summed E-state index contributed by atoms with van der Waals surface area (Å²) >= 11 is 6.02. The minimum atomic E-state index is -4.60. The van der Waals surface area contributed by atoms with Crippen LogP contribution in [0.25, 0.3) is 0 Å². The lowest BCUT2D eigenvalue weighted by atomic mass is 10.1. The molecule has 1 unspecified atom stereocenters. The molecule has 0 bridgehead atoms. The number of hydrogen-bond acceptors (Lipinski definition) is 6. The van der Waals surface area contributed by atoms with Crippen molar-refractivity contribution < 1.29 is 32.2 Å². The SMILES string of the molecule is COC(=O)C(c1ncc(C(F)(F)F)cc1Cl)N1CCN(C(=O)OC(C)(C)C)CC1. The average Bonchev–Trinajstić information content (AvgIpc) is 2.61. The van der Waals surface area contributed by atoms with E-state index in [1.165, 1.54) is 12.0 Å². The second kappa shape index (κ2) is 8.74. The average molecular weight is 438 g/mol. The van der Waals surface area contributed by atoms with Crippen molar-refractivity contribution in [2.45, 2.75) is 38.6 Å². The maximum Gasteiger partial charge on any atom is 0.417 e. The van der Waals surface area contributed by atoms with Crippen LogP contribution in [0.4, 0.5) is 18.0 Å². The molecule has 11 heteroatoms. The van der Waals surface area contributed by atoms with Gasteiger partial charge in [0.2, 0.25) is 0 Å². The van der Waals surface area contributed by atoms with Crippen LogP contribution >= 0.6 is 11.6 Å². The van der Waals surface area contributed by atoms with Crippen molar-refractivity contribution in [1.82, 2.24) is 14.8 Å². The van der Waals surface area contributed by atoms with Crippen molar-refractivity contribution in [2.24, 2.45) is 0 Å². The van der Waals surface area contributed by atoms with Crippen LogP contribution < -0.4 is 0 Å². The van der Waals surface area contributed by atoms with Crippen molar-refractivity contribution >= 4 is 23.7 Å². The van der Waals surface area contributed by atoms with Crippen LogP contribution in [0.5, 0.6) is 0 Å². The Hall–Kier alpha value is -2.07. The molecule has 7 nitrogen and oxygen atoms in total. The van der Waals surface area contributed by atoms with Gasteiger partial charge in [0.15, 0.2) is 6.04 Å². The molecule has 0 saturated carbocycles. The number of pyridine rings is 1. The van der Waals surface area contributed by atoms with Gasteiger partial charge in [0.25, 0.3) is 0 Å². The molecule has 29 heavy (non-hydrogen) atoms. The van der Waals surface area contributed by atoms with Gasteiger partial charge in [0.05, 0.1) is 23.4 Å². The van der Waals surface area contributed by atoms with Gasteiger partial charge in [-0.2, -0.15) is 13.2 Å².